The average molecular weight is 273 g/mol. The first-order valence-electron chi connectivity index (χ1n) is 5.75. The molecule has 0 bridgehead atoms. The van der Waals surface area contributed by atoms with Crippen molar-refractivity contribution in [2.75, 3.05) is 11.9 Å². The Morgan fingerprint density at radius 3 is 2.72 bits per heavy atom. The van der Waals surface area contributed by atoms with Crippen LogP contribution in [0.3, 0.4) is 0 Å². The summed E-state index contributed by atoms with van der Waals surface area (Å²) in [5, 5.41) is 23.4. The lowest BCUT2D eigenvalue weighted by Crippen LogP contribution is -2.35. The molecule has 0 saturated heterocycles. The van der Waals surface area contributed by atoms with E-state index in [9.17, 15) is 10.1 Å². The van der Waals surface area contributed by atoms with Crippen LogP contribution in [-0.4, -0.2) is 22.2 Å². The number of nitro groups is 1. The van der Waals surface area contributed by atoms with Crippen LogP contribution in [0.1, 0.15) is 26.7 Å². The van der Waals surface area contributed by atoms with Crippen LogP contribution in [0.15, 0.2) is 18.2 Å². The van der Waals surface area contributed by atoms with Crippen molar-refractivity contribution in [1.82, 2.24) is 0 Å². The third kappa shape index (κ3) is 3.34. The molecule has 0 heterocycles. The number of hydrogen-bond acceptors (Lipinski definition) is 4. The number of nitrogens with one attached hydrogen (secondary N) is 1. The zero-order valence-corrected chi connectivity index (χ0v) is 11.2. The number of rotatable bonds is 6. The second-order valence-electron chi connectivity index (χ2n) is 4.40. The van der Waals surface area contributed by atoms with Gasteiger partial charge >= 0.3 is 0 Å². The van der Waals surface area contributed by atoms with E-state index >= 15 is 0 Å². The summed E-state index contributed by atoms with van der Waals surface area (Å²) in [5.74, 6) is 0. The Labute approximate surface area is 111 Å². The highest BCUT2D eigenvalue weighted by molar-refractivity contribution is 6.33. The minimum Gasteiger partial charge on any atom is -0.396 e. The standard InChI is InChI=1S/C12H17ClN2O3/c1-3-12(2,7-8-16)14-11-9(13)5-4-6-10(11)15(17)18/h4-6,14,16H,3,7-8H2,1-2H3. The highest BCUT2D eigenvalue weighted by Crippen LogP contribution is 2.35. The average Bonchev–Trinajstić information content (AvgIpc) is 2.32. The lowest BCUT2D eigenvalue weighted by atomic mass is 9.94. The van der Waals surface area contributed by atoms with E-state index in [0.717, 1.165) is 6.42 Å². The van der Waals surface area contributed by atoms with Crippen molar-refractivity contribution in [2.45, 2.75) is 32.2 Å². The maximum Gasteiger partial charge on any atom is 0.293 e. The van der Waals surface area contributed by atoms with E-state index in [2.05, 4.69) is 5.32 Å². The van der Waals surface area contributed by atoms with E-state index in [-0.39, 0.29) is 12.3 Å². The summed E-state index contributed by atoms with van der Waals surface area (Å²) < 4.78 is 0. The van der Waals surface area contributed by atoms with Crippen molar-refractivity contribution in [3.8, 4) is 0 Å². The molecule has 100 valence electrons. The molecule has 1 aromatic rings. The number of halogens is 1. The van der Waals surface area contributed by atoms with Crippen LogP contribution in [0.4, 0.5) is 11.4 Å². The van der Waals surface area contributed by atoms with E-state index in [0.29, 0.717) is 17.1 Å². The predicted octanol–water partition coefficient (Wildman–Crippen LogP) is 3.21. The number of benzene rings is 1. The molecule has 2 N–H and O–H groups in total. The van der Waals surface area contributed by atoms with Crippen LogP contribution < -0.4 is 5.32 Å². The maximum atomic E-state index is 11.0. The summed E-state index contributed by atoms with van der Waals surface area (Å²) in [5.41, 5.74) is -0.174. The fourth-order valence-electron chi connectivity index (χ4n) is 1.66. The van der Waals surface area contributed by atoms with Gasteiger partial charge in [-0.2, -0.15) is 0 Å². The molecule has 1 atom stereocenters. The van der Waals surface area contributed by atoms with Crippen molar-refractivity contribution >= 4 is 23.0 Å². The summed E-state index contributed by atoms with van der Waals surface area (Å²) in [6, 6.07) is 4.55. The second kappa shape index (κ2) is 6.02. The molecular weight excluding hydrogens is 256 g/mol. The summed E-state index contributed by atoms with van der Waals surface area (Å²) in [7, 11) is 0. The van der Waals surface area contributed by atoms with Gasteiger partial charge in [0.05, 0.1) is 9.95 Å². The summed E-state index contributed by atoms with van der Waals surface area (Å²) in [4.78, 5) is 10.5. The lowest BCUT2D eigenvalue weighted by molar-refractivity contribution is -0.384. The first kappa shape index (κ1) is 14.7. The van der Waals surface area contributed by atoms with E-state index in [4.69, 9.17) is 16.7 Å². The SMILES string of the molecule is CCC(C)(CCO)Nc1c(Cl)cccc1[N+](=O)[O-]. The number of aliphatic hydroxyl groups excluding tert-OH is 1. The van der Waals surface area contributed by atoms with Crippen LogP contribution >= 0.6 is 11.6 Å². The molecule has 1 rings (SSSR count). The van der Waals surface area contributed by atoms with Gasteiger partial charge in [0.1, 0.15) is 5.69 Å². The smallest absolute Gasteiger partial charge is 0.293 e. The molecule has 18 heavy (non-hydrogen) atoms. The quantitative estimate of drug-likeness (QED) is 0.616. The van der Waals surface area contributed by atoms with Crippen LogP contribution in [0.2, 0.25) is 5.02 Å². The Hall–Kier alpha value is -1.33. The second-order valence-corrected chi connectivity index (χ2v) is 4.81. The largest absolute Gasteiger partial charge is 0.396 e. The van der Waals surface area contributed by atoms with Gasteiger partial charge < -0.3 is 10.4 Å². The van der Waals surface area contributed by atoms with Gasteiger partial charge in [-0.3, -0.25) is 10.1 Å². The first-order chi connectivity index (χ1) is 8.43. The molecule has 0 aliphatic rings. The van der Waals surface area contributed by atoms with Crippen molar-refractivity contribution < 1.29 is 10.0 Å². The van der Waals surface area contributed by atoms with E-state index < -0.39 is 10.5 Å². The number of aliphatic hydroxyl groups is 1. The Morgan fingerprint density at radius 2 is 2.22 bits per heavy atom. The molecular formula is C12H17ClN2O3. The Kier molecular flexibility index (Phi) is 4.93. The molecule has 6 heteroatoms. The molecule has 0 aliphatic heterocycles. The minimum absolute atomic E-state index is 0.00951. The third-order valence-corrected chi connectivity index (χ3v) is 3.37. The fraction of sp³-hybridized carbons (Fsp3) is 0.500. The van der Waals surface area contributed by atoms with Crippen LogP contribution in [0, 0.1) is 10.1 Å². The van der Waals surface area contributed by atoms with E-state index in [1.165, 1.54) is 6.07 Å². The molecule has 0 radical (unpaired) electrons. The topological polar surface area (TPSA) is 75.4 Å². The molecule has 0 fully saturated rings. The fourth-order valence-corrected chi connectivity index (χ4v) is 1.88. The number of anilines is 1. The molecule has 0 amide bonds. The third-order valence-electron chi connectivity index (χ3n) is 3.06. The molecule has 1 aromatic carbocycles. The lowest BCUT2D eigenvalue weighted by Gasteiger charge is -2.30. The van der Waals surface area contributed by atoms with Gasteiger partial charge in [0.25, 0.3) is 5.69 Å². The van der Waals surface area contributed by atoms with Crippen molar-refractivity contribution in [2.24, 2.45) is 0 Å². The van der Waals surface area contributed by atoms with Crippen molar-refractivity contribution in [3.63, 3.8) is 0 Å². The molecule has 0 spiro atoms. The van der Waals surface area contributed by atoms with Gasteiger partial charge in [0.2, 0.25) is 0 Å². The van der Waals surface area contributed by atoms with Crippen molar-refractivity contribution in [1.29, 1.82) is 0 Å². The molecule has 1 unspecified atom stereocenters. The summed E-state index contributed by atoms with van der Waals surface area (Å²) in [6.07, 6.45) is 1.21. The van der Waals surface area contributed by atoms with Gasteiger partial charge in [-0.05, 0) is 25.8 Å². The van der Waals surface area contributed by atoms with Gasteiger partial charge in [0, 0.05) is 18.2 Å². The summed E-state index contributed by atoms with van der Waals surface area (Å²) >= 11 is 6.01. The van der Waals surface area contributed by atoms with E-state index in [1.807, 2.05) is 13.8 Å². The Balaban J connectivity index is 3.13. The number of nitrogens with zero attached hydrogens (tertiary/aromatic N) is 1. The normalized spacial score (nSPS) is 14.0. The van der Waals surface area contributed by atoms with Gasteiger partial charge in [-0.1, -0.05) is 24.6 Å². The highest BCUT2D eigenvalue weighted by Gasteiger charge is 2.26. The number of nitro benzene ring substituents is 1. The zero-order chi connectivity index (χ0) is 13.8. The first-order valence-corrected chi connectivity index (χ1v) is 6.13. The number of hydrogen-bond donors (Lipinski definition) is 2. The monoisotopic (exact) mass is 272 g/mol. The van der Waals surface area contributed by atoms with Gasteiger partial charge in [0.15, 0.2) is 0 Å². The minimum atomic E-state index is -0.469. The van der Waals surface area contributed by atoms with Crippen LogP contribution in [0.25, 0.3) is 0 Å². The predicted molar refractivity (Wildman–Crippen MR) is 72.1 cm³/mol. The van der Waals surface area contributed by atoms with Gasteiger partial charge in [-0.15, -0.1) is 0 Å². The molecule has 0 aromatic heterocycles. The molecule has 0 aliphatic carbocycles. The van der Waals surface area contributed by atoms with Gasteiger partial charge in [-0.25, -0.2) is 0 Å². The van der Waals surface area contributed by atoms with Crippen LogP contribution in [0.5, 0.6) is 0 Å². The Bertz CT molecular complexity index is 439. The highest BCUT2D eigenvalue weighted by atomic mass is 35.5. The van der Waals surface area contributed by atoms with Crippen LogP contribution in [-0.2, 0) is 0 Å². The zero-order valence-electron chi connectivity index (χ0n) is 10.4. The summed E-state index contributed by atoms with van der Waals surface area (Å²) in [6.45, 7) is 3.86. The van der Waals surface area contributed by atoms with E-state index in [1.54, 1.807) is 12.1 Å². The molecule has 0 saturated carbocycles. The molecule has 5 nitrogen and oxygen atoms in total. The maximum absolute atomic E-state index is 11.0. The van der Waals surface area contributed by atoms with Crippen molar-refractivity contribution in [3.05, 3.63) is 33.3 Å². The Morgan fingerprint density at radius 1 is 1.56 bits per heavy atom. The number of para-hydroxylation sites is 1.